The van der Waals surface area contributed by atoms with Crippen LogP contribution in [-0.4, -0.2) is 18.0 Å². The quantitative estimate of drug-likeness (QED) is 0.495. The normalized spacial score (nSPS) is 10.7. The number of hydrogen-bond donors (Lipinski definition) is 2. The fourth-order valence-corrected chi connectivity index (χ4v) is 2.34. The molecule has 0 fully saturated rings. The molecular formula is C17H15Cl2N3O2. The molecule has 7 heteroatoms. The molecule has 2 aromatic carbocycles. The number of aryl methyl sites for hydroxylation is 1. The van der Waals surface area contributed by atoms with Crippen LogP contribution in [0.5, 0.6) is 0 Å². The van der Waals surface area contributed by atoms with E-state index in [1.54, 1.807) is 30.3 Å². The van der Waals surface area contributed by atoms with E-state index in [1.165, 1.54) is 6.21 Å². The number of halogens is 2. The van der Waals surface area contributed by atoms with Crippen molar-refractivity contribution < 1.29 is 9.59 Å². The monoisotopic (exact) mass is 363 g/mol. The van der Waals surface area contributed by atoms with E-state index in [9.17, 15) is 9.59 Å². The smallest absolute Gasteiger partial charge is 0.317 e. The van der Waals surface area contributed by atoms with Gasteiger partial charge in [-0.1, -0.05) is 41.4 Å². The number of carbonyl (C=O) groups is 2. The second-order valence-electron chi connectivity index (χ2n) is 5.07. The molecule has 2 aromatic rings. The van der Waals surface area contributed by atoms with Gasteiger partial charge in [-0.15, -0.1) is 0 Å². The van der Waals surface area contributed by atoms with Crippen molar-refractivity contribution >= 4 is 46.9 Å². The number of benzene rings is 2. The van der Waals surface area contributed by atoms with E-state index in [4.69, 9.17) is 23.2 Å². The van der Waals surface area contributed by atoms with Crippen molar-refractivity contribution in [3.8, 4) is 0 Å². The van der Waals surface area contributed by atoms with Crippen molar-refractivity contribution in [3.05, 3.63) is 63.1 Å². The second-order valence-corrected chi connectivity index (χ2v) is 5.91. The van der Waals surface area contributed by atoms with Crippen molar-refractivity contribution in [2.45, 2.75) is 13.8 Å². The molecule has 0 saturated carbocycles. The fraction of sp³-hybridized carbons (Fsp3) is 0.118. The topological polar surface area (TPSA) is 70.6 Å². The fourth-order valence-electron chi connectivity index (χ4n) is 1.88. The van der Waals surface area contributed by atoms with Gasteiger partial charge in [-0.2, -0.15) is 5.10 Å². The Balaban J connectivity index is 1.98. The average molecular weight is 364 g/mol. The van der Waals surface area contributed by atoms with E-state index in [1.807, 2.05) is 19.9 Å². The molecule has 2 amide bonds. The lowest BCUT2D eigenvalue weighted by Gasteiger charge is -2.09. The minimum atomic E-state index is -0.878. The Bertz CT molecular complexity index is 819. The maximum Gasteiger partial charge on any atom is 0.329 e. The summed E-state index contributed by atoms with van der Waals surface area (Å²) in [6, 6.07) is 10.3. The van der Waals surface area contributed by atoms with E-state index < -0.39 is 11.8 Å². The van der Waals surface area contributed by atoms with Gasteiger partial charge in [0.25, 0.3) is 0 Å². The Hall–Kier alpha value is -2.37. The number of hydrazone groups is 1. The lowest BCUT2D eigenvalue weighted by atomic mass is 10.1. The summed E-state index contributed by atoms with van der Waals surface area (Å²) < 4.78 is 0. The van der Waals surface area contributed by atoms with E-state index in [2.05, 4.69) is 15.8 Å². The number of nitrogens with one attached hydrogen (secondary N) is 2. The molecule has 0 aromatic heterocycles. The summed E-state index contributed by atoms with van der Waals surface area (Å²) in [7, 11) is 0. The number of anilines is 1. The van der Waals surface area contributed by atoms with Crippen molar-refractivity contribution in [1.29, 1.82) is 0 Å². The Labute approximate surface area is 149 Å². The first kappa shape index (κ1) is 18.0. The lowest BCUT2D eigenvalue weighted by molar-refractivity contribution is -0.136. The number of nitrogens with zero attached hydrogens (tertiary/aromatic N) is 1. The summed E-state index contributed by atoms with van der Waals surface area (Å²) in [6.45, 7) is 3.79. The first-order chi connectivity index (χ1) is 11.4. The highest BCUT2D eigenvalue weighted by Gasteiger charge is 2.14. The van der Waals surface area contributed by atoms with Crippen LogP contribution in [0, 0.1) is 13.8 Å². The Morgan fingerprint density at radius 1 is 1.08 bits per heavy atom. The third-order valence-electron chi connectivity index (χ3n) is 3.39. The molecule has 0 spiro atoms. The van der Waals surface area contributed by atoms with Gasteiger partial charge < -0.3 is 5.32 Å². The van der Waals surface area contributed by atoms with Crippen molar-refractivity contribution in [1.82, 2.24) is 5.43 Å². The second kappa shape index (κ2) is 7.95. The molecule has 0 unspecified atom stereocenters. The van der Waals surface area contributed by atoms with Crippen LogP contribution < -0.4 is 10.7 Å². The van der Waals surface area contributed by atoms with E-state index in [0.717, 1.165) is 11.1 Å². The van der Waals surface area contributed by atoms with Crippen LogP contribution in [0.3, 0.4) is 0 Å². The van der Waals surface area contributed by atoms with E-state index in [0.29, 0.717) is 21.3 Å². The number of amides is 2. The minimum Gasteiger partial charge on any atom is -0.317 e. The molecule has 0 radical (unpaired) electrons. The third kappa shape index (κ3) is 4.57. The minimum absolute atomic E-state index is 0.389. The Morgan fingerprint density at radius 3 is 2.54 bits per heavy atom. The largest absolute Gasteiger partial charge is 0.329 e. The number of hydrogen-bond acceptors (Lipinski definition) is 3. The van der Waals surface area contributed by atoms with Crippen molar-refractivity contribution in [2.24, 2.45) is 5.10 Å². The molecule has 2 N–H and O–H groups in total. The van der Waals surface area contributed by atoms with Gasteiger partial charge in [0.05, 0.1) is 11.2 Å². The zero-order valence-corrected chi connectivity index (χ0v) is 14.6. The maximum absolute atomic E-state index is 11.9. The zero-order chi connectivity index (χ0) is 17.7. The van der Waals surface area contributed by atoms with Crippen LogP contribution in [0.1, 0.15) is 16.7 Å². The van der Waals surface area contributed by atoms with Gasteiger partial charge in [0, 0.05) is 16.3 Å². The van der Waals surface area contributed by atoms with Gasteiger partial charge in [-0.3, -0.25) is 9.59 Å². The van der Waals surface area contributed by atoms with E-state index >= 15 is 0 Å². The molecule has 0 aliphatic heterocycles. The average Bonchev–Trinajstić information content (AvgIpc) is 2.53. The highest BCUT2D eigenvalue weighted by atomic mass is 35.5. The molecule has 0 aliphatic carbocycles. The van der Waals surface area contributed by atoms with Gasteiger partial charge in [0.2, 0.25) is 0 Å². The summed E-state index contributed by atoms with van der Waals surface area (Å²) in [6.07, 6.45) is 1.34. The van der Waals surface area contributed by atoms with E-state index in [-0.39, 0.29) is 0 Å². The van der Waals surface area contributed by atoms with Crippen LogP contribution >= 0.6 is 23.2 Å². The van der Waals surface area contributed by atoms with Gasteiger partial charge >= 0.3 is 11.8 Å². The van der Waals surface area contributed by atoms with Crippen LogP contribution in [0.4, 0.5) is 5.69 Å². The lowest BCUT2D eigenvalue weighted by Crippen LogP contribution is -2.32. The molecule has 124 valence electrons. The number of rotatable bonds is 3. The summed E-state index contributed by atoms with van der Waals surface area (Å²) in [5, 5.41) is 7.16. The maximum atomic E-state index is 11.9. The van der Waals surface area contributed by atoms with Crippen LogP contribution in [0.2, 0.25) is 10.0 Å². The van der Waals surface area contributed by atoms with Crippen LogP contribution in [0.15, 0.2) is 41.5 Å². The molecule has 0 saturated heterocycles. The van der Waals surface area contributed by atoms with Gasteiger partial charge in [0.1, 0.15) is 0 Å². The van der Waals surface area contributed by atoms with Gasteiger partial charge in [-0.05, 0) is 43.2 Å². The van der Waals surface area contributed by atoms with Crippen molar-refractivity contribution in [3.63, 3.8) is 0 Å². The molecule has 24 heavy (non-hydrogen) atoms. The molecule has 0 aliphatic rings. The highest BCUT2D eigenvalue weighted by molar-refractivity contribution is 6.39. The Morgan fingerprint density at radius 2 is 1.83 bits per heavy atom. The molecule has 0 bridgehead atoms. The van der Waals surface area contributed by atoms with Crippen LogP contribution in [0.25, 0.3) is 0 Å². The van der Waals surface area contributed by atoms with Crippen LogP contribution in [-0.2, 0) is 9.59 Å². The SMILES string of the molecule is Cc1cccc(NC(=O)C(=O)NN=Cc2ccc(Cl)cc2Cl)c1C. The summed E-state index contributed by atoms with van der Waals surface area (Å²) >= 11 is 11.8. The highest BCUT2D eigenvalue weighted by Crippen LogP contribution is 2.19. The molecule has 0 heterocycles. The predicted octanol–water partition coefficient (Wildman–Crippen LogP) is 3.70. The van der Waals surface area contributed by atoms with Crippen molar-refractivity contribution in [2.75, 3.05) is 5.32 Å². The summed E-state index contributed by atoms with van der Waals surface area (Å²) in [5.41, 5.74) is 5.22. The molecule has 2 rings (SSSR count). The van der Waals surface area contributed by atoms with Gasteiger partial charge in [-0.25, -0.2) is 5.43 Å². The summed E-state index contributed by atoms with van der Waals surface area (Å²) in [4.78, 5) is 23.7. The first-order valence-electron chi connectivity index (χ1n) is 7.04. The first-order valence-corrected chi connectivity index (χ1v) is 7.79. The summed E-state index contributed by atoms with van der Waals surface area (Å²) in [5.74, 6) is -1.68. The predicted molar refractivity (Wildman–Crippen MR) is 96.7 cm³/mol. The molecule has 5 nitrogen and oxygen atoms in total. The standard InChI is InChI=1S/C17H15Cl2N3O2/c1-10-4-3-5-15(11(10)2)21-16(23)17(24)22-20-9-12-6-7-13(18)8-14(12)19/h3-9H,1-2H3,(H,21,23)(H,22,24). The Kier molecular flexibility index (Phi) is 5.95. The zero-order valence-electron chi connectivity index (χ0n) is 13.1. The number of carbonyl (C=O) groups excluding carboxylic acids is 2. The third-order valence-corrected chi connectivity index (χ3v) is 3.95. The van der Waals surface area contributed by atoms with Gasteiger partial charge in [0.15, 0.2) is 0 Å². The molecule has 0 atom stereocenters. The molecular weight excluding hydrogens is 349 g/mol.